The molecule has 1 aromatic heterocycles. The van der Waals surface area contributed by atoms with Gasteiger partial charge in [-0.1, -0.05) is 12.1 Å². The molecule has 0 saturated heterocycles. The molecule has 0 bridgehead atoms. The van der Waals surface area contributed by atoms with Gasteiger partial charge in [-0.25, -0.2) is 4.98 Å². The number of aromatic nitrogens is 2. The number of nitrogens with zero attached hydrogens (tertiary/aromatic N) is 2. The third kappa shape index (κ3) is 3.07. The monoisotopic (exact) mass is 304 g/mol. The standard InChI is InChI=1S/C15H20N4OS/c1-2-19-8-7-17-15(19)9-11(18-16)13-10-21-14-6-4-3-5-12(14)20-13/h3-8,11,13,18H,2,9-10,16H2,1H3. The van der Waals surface area contributed by atoms with Crippen LogP contribution in [-0.4, -0.2) is 27.4 Å². The average molecular weight is 304 g/mol. The van der Waals surface area contributed by atoms with E-state index >= 15 is 0 Å². The maximum absolute atomic E-state index is 6.11. The van der Waals surface area contributed by atoms with Crippen molar-refractivity contribution >= 4 is 11.8 Å². The molecule has 0 saturated carbocycles. The van der Waals surface area contributed by atoms with Gasteiger partial charge >= 0.3 is 0 Å². The van der Waals surface area contributed by atoms with E-state index in [1.165, 1.54) is 4.90 Å². The molecular weight excluding hydrogens is 284 g/mol. The molecule has 0 amide bonds. The van der Waals surface area contributed by atoms with Crippen molar-refractivity contribution in [2.75, 3.05) is 5.75 Å². The van der Waals surface area contributed by atoms with Crippen molar-refractivity contribution in [2.45, 2.75) is 36.9 Å². The van der Waals surface area contributed by atoms with Crippen molar-refractivity contribution in [1.82, 2.24) is 15.0 Å². The number of para-hydroxylation sites is 1. The first-order chi connectivity index (χ1) is 10.3. The van der Waals surface area contributed by atoms with Crippen LogP contribution >= 0.6 is 11.8 Å². The zero-order valence-electron chi connectivity index (χ0n) is 12.0. The summed E-state index contributed by atoms with van der Waals surface area (Å²) in [6.45, 7) is 3.02. The summed E-state index contributed by atoms with van der Waals surface area (Å²) in [7, 11) is 0. The largest absolute Gasteiger partial charge is 0.487 e. The molecule has 3 N–H and O–H groups in total. The molecule has 2 atom stereocenters. The van der Waals surface area contributed by atoms with Gasteiger partial charge in [0.15, 0.2) is 0 Å². The fourth-order valence-corrected chi connectivity index (χ4v) is 3.62. The summed E-state index contributed by atoms with van der Waals surface area (Å²) in [4.78, 5) is 5.61. The minimum absolute atomic E-state index is 0.0388. The number of hydrogen-bond donors (Lipinski definition) is 2. The normalized spacial score (nSPS) is 18.9. The minimum atomic E-state index is 0.0388. The van der Waals surface area contributed by atoms with Crippen LogP contribution in [0.1, 0.15) is 12.7 Å². The summed E-state index contributed by atoms with van der Waals surface area (Å²) >= 11 is 1.82. The van der Waals surface area contributed by atoms with Crippen LogP contribution in [0.25, 0.3) is 0 Å². The van der Waals surface area contributed by atoms with E-state index in [1.54, 1.807) is 0 Å². The Morgan fingerprint density at radius 3 is 3.19 bits per heavy atom. The van der Waals surface area contributed by atoms with Gasteiger partial charge in [-0.15, -0.1) is 11.8 Å². The third-order valence-corrected chi connectivity index (χ3v) is 4.88. The third-order valence-electron chi connectivity index (χ3n) is 3.74. The number of nitrogens with one attached hydrogen (secondary N) is 1. The van der Waals surface area contributed by atoms with Crippen molar-refractivity contribution in [3.05, 3.63) is 42.5 Å². The number of benzene rings is 1. The Hall–Kier alpha value is -1.50. The number of thioether (sulfide) groups is 1. The molecule has 2 unspecified atom stereocenters. The Morgan fingerprint density at radius 2 is 2.38 bits per heavy atom. The molecule has 21 heavy (non-hydrogen) atoms. The second kappa shape index (κ2) is 6.51. The van der Waals surface area contributed by atoms with Gasteiger partial charge < -0.3 is 9.30 Å². The number of fused-ring (bicyclic) bond motifs is 1. The van der Waals surface area contributed by atoms with Crippen LogP contribution in [0.15, 0.2) is 41.6 Å². The second-order valence-corrected chi connectivity index (χ2v) is 6.08. The van der Waals surface area contributed by atoms with E-state index in [0.717, 1.165) is 30.3 Å². The maximum atomic E-state index is 6.11. The van der Waals surface area contributed by atoms with Crippen LogP contribution in [0.2, 0.25) is 0 Å². The Balaban J connectivity index is 1.73. The number of hydrazine groups is 1. The number of nitrogens with two attached hydrogens (primary N) is 1. The van der Waals surface area contributed by atoms with Gasteiger partial charge in [-0.3, -0.25) is 11.3 Å². The van der Waals surface area contributed by atoms with E-state index in [4.69, 9.17) is 10.6 Å². The summed E-state index contributed by atoms with van der Waals surface area (Å²) in [6.07, 6.45) is 4.62. The van der Waals surface area contributed by atoms with E-state index in [-0.39, 0.29) is 12.1 Å². The van der Waals surface area contributed by atoms with Gasteiger partial charge in [0.1, 0.15) is 17.7 Å². The van der Waals surface area contributed by atoms with E-state index < -0.39 is 0 Å². The smallest absolute Gasteiger partial charge is 0.133 e. The zero-order valence-corrected chi connectivity index (χ0v) is 12.8. The number of hydrogen-bond acceptors (Lipinski definition) is 5. The maximum Gasteiger partial charge on any atom is 0.133 e. The van der Waals surface area contributed by atoms with Crippen molar-refractivity contribution in [3.8, 4) is 5.75 Å². The molecule has 0 aliphatic carbocycles. The molecule has 0 fully saturated rings. The molecular formula is C15H20N4OS. The average Bonchev–Trinajstić information content (AvgIpc) is 2.99. The van der Waals surface area contributed by atoms with E-state index in [9.17, 15) is 0 Å². The van der Waals surface area contributed by atoms with Crippen LogP contribution in [0, 0.1) is 0 Å². The molecule has 0 radical (unpaired) electrons. The van der Waals surface area contributed by atoms with Crippen LogP contribution < -0.4 is 16.0 Å². The summed E-state index contributed by atoms with van der Waals surface area (Å²) in [5, 5.41) is 0. The zero-order chi connectivity index (χ0) is 14.7. The van der Waals surface area contributed by atoms with Crippen LogP contribution in [-0.2, 0) is 13.0 Å². The molecule has 5 nitrogen and oxygen atoms in total. The Kier molecular flexibility index (Phi) is 4.48. The second-order valence-electron chi connectivity index (χ2n) is 5.02. The Labute approximate surface area is 128 Å². The highest BCUT2D eigenvalue weighted by atomic mass is 32.2. The topological polar surface area (TPSA) is 65.1 Å². The van der Waals surface area contributed by atoms with Crippen LogP contribution in [0.3, 0.4) is 0 Å². The first-order valence-electron chi connectivity index (χ1n) is 7.16. The van der Waals surface area contributed by atoms with E-state index in [0.29, 0.717) is 0 Å². The van der Waals surface area contributed by atoms with Crippen molar-refractivity contribution in [3.63, 3.8) is 0 Å². The number of imidazole rings is 1. The highest BCUT2D eigenvalue weighted by Crippen LogP contribution is 2.35. The molecule has 3 rings (SSSR count). The first-order valence-corrected chi connectivity index (χ1v) is 8.15. The first kappa shape index (κ1) is 14.4. The highest BCUT2D eigenvalue weighted by molar-refractivity contribution is 7.99. The van der Waals surface area contributed by atoms with Gasteiger partial charge in [0.2, 0.25) is 0 Å². The SMILES string of the molecule is CCn1ccnc1CC(NN)C1CSc2ccccc2O1. The lowest BCUT2D eigenvalue weighted by Crippen LogP contribution is -2.50. The van der Waals surface area contributed by atoms with Crippen molar-refractivity contribution < 1.29 is 4.74 Å². The molecule has 112 valence electrons. The summed E-state index contributed by atoms with van der Waals surface area (Å²) < 4.78 is 8.24. The molecule has 1 aliphatic heterocycles. The Morgan fingerprint density at radius 1 is 1.52 bits per heavy atom. The lowest BCUT2D eigenvalue weighted by Gasteiger charge is -2.31. The Bertz CT molecular complexity index is 601. The number of rotatable bonds is 5. The minimum Gasteiger partial charge on any atom is -0.487 e. The fourth-order valence-electron chi connectivity index (χ4n) is 2.55. The molecule has 1 aromatic carbocycles. The summed E-state index contributed by atoms with van der Waals surface area (Å²) in [5.41, 5.74) is 2.90. The predicted molar refractivity (Wildman–Crippen MR) is 84.3 cm³/mol. The van der Waals surface area contributed by atoms with Crippen LogP contribution in [0.5, 0.6) is 5.75 Å². The molecule has 2 heterocycles. The van der Waals surface area contributed by atoms with Gasteiger partial charge in [-0.05, 0) is 19.1 Å². The quantitative estimate of drug-likeness (QED) is 0.652. The predicted octanol–water partition coefficient (Wildman–Crippen LogP) is 1.83. The molecule has 1 aliphatic rings. The highest BCUT2D eigenvalue weighted by Gasteiger charge is 2.28. The summed E-state index contributed by atoms with van der Waals surface area (Å²) in [6, 6.07) is 8.17. The lowest BCUT2D eigenvalue weighted by molar-refractivity contribution is 0.164. The van der Waals surface area contributed by atoms with Gasteiger partial charge in [0.25, 0.3) is 0 Å². The van der Waals surface area contributed by atoms with Crippen molar-refractivity contribution in [2.24, 2.45) is 5.84 Å². The summed E-state index contributed by atoms with van der Waals surface area (Å²) in [5.74, 6) is 8.62. The molecule has 0 spiro atoms. The van der Waals surface area contributed by atoms with Gasteiger partial charge in [0, 0.05) is 36.0 Å². The molecule has 6 heteroatoms. The van der Waals surface area contributed by atoms with Gasteiger partial charge in [-0.2, -0.15) is 0 Å². The van der Waals surface area contributed by atoms with E-state index in [1.807, 2.05) is 42.4 Å². The van der Waals surface area contributed by atoms with Crippen LogP contribution in [0.4, 0.5) is 0 Å². The molecule has 2 aromatic rings. The number of aryl methyl sites for hydroxylation is 1. The lowest BCUT2D eigenvalue weighted by atomic mass is 10.1. The fraction of sp³-hybridized carbons (Fsp3) is 0.400. The van der Waals surface area contributed by atoms with E-state index in [2.05, 4.69) is 28.0 Å². The van der Waals surface area contributed by atoms with Gasteiger partial charge in [0.05, 0.1) is 6.04 Å². The number of ether oxygens (including phenoxy) is 1. The van der Waals surface area contributed by atoms with Crippen molar-refractivity contribution in [1.29, 1.82) is 0 Å².